The molecule has 0 saturated carbocycles. The lowest BCUT2D eigenvalue weighted by Gasteiger charge is -2.43. The van der Waals surface area contributed by atoms with E-state index in [9.17, 15) is 17.9 Å². The van der Waals surface area contributed by atoms with Crippen molar-refractivity contribution in [3.63, 3.8) is 0 Å². The number of rotatable bonds is 6. The van der Waals surface area contributed by atoms with Gasteiger partial charge in [0.2, 0.25) is 0 Å². The summed E-state index contributed by atoms with van der Waals surface area (Å²) in [6.45, 7) is 5.51. The van der Waals surface area contributed by atoms with Gasteiger partial charge in [-0.3, -0.25) is 0 Å². The van der Waals surface area contributed by atoms with E-state index in [1.165, 1.54) is 18.4 Å². The zero-order valence-corrected chi connectivity index (χ0v) is 17.9. The van der Waals surface area contributed by atoms with Crippen molar-refractivity contribution in [3.8, 4) is 0 Å². The van der Waals surface area contributed by atoms with E-state index in [4.69, 9.17) is 0 Å². The van der Waals surface area contributed by atoms with E-state index >= 15 is 0 Å². The first kappa shape index (κ1) is 21.6. The minimum absolute atomic E-state index is 0.0527. The van der Waals surface area contributed by atoms with Gasteiger partial charge in [-0.25, -0.2) is 12.8 Å². The number of aliphatic hydroxyl groups is 1. The van der Waals surface area contributed by atoms with Crippen molar-refractivity contribution in [1.29, 1.82) is 0 Å². The smallest absolute Gasteiger partial charge is 0.175 e. The van der Waals surface area contributed by atoms with Crippen LogP contribution >= 0.6 is 0 Å². The molecule has 3 rings (SSSR count). The molecule has 0 radical (unpaired) electrons. The first-order valence-electron chi connectivity index (χ1n) is 9.90. The highest BCUT2D eigenvalue weighted by molar-refractivity contribution is 7.90. The third-order valence-electron chi connectivity index (χ3n) is 5.59. The van der Waals surface area contributed by atoms with E-state index in [2.05, 4.69) is 24.1 Å². The second kappa shape index (κ2) is 8.71. The minimum atomic E-state index is -3.29. The fraction of sp³-hybridized carbons (Fsp3) is 0.455. The van der Waals surface area contributed by atoms with Crippen molar-refractivity contribution >= 4 is 21.2 Å². The van der Waals surface area contributed by atoms with Crippen LogP contribution < -0.4 is 10.2 Å². The van der Waals surface area contributed by atoms with E-state index in [1.807, 2.05) is 6.07 Å². The molecule has 0 aromatic heterocycles. The monoisotopic (exact) mass is 420 g/mol. The summed E-state index contributed by atoms with van der Waals surface area (Å²) in [6, 6.07) is 13.1. The number of sulfone groups is 1. The van der Waals surface area contributed by atoms with Crippen molar-refractivity contribution in [2.75, 3.05) is 29.6 Å². The van der Waals surface area contributed by atoms with Crippen LogP contribution in [0.4, 0.5) is 15.8 Å². The van der Waals surface area contributed by atoms with Crippen LogP contribution in [-0.4, -0.2) is 45.0 Å². The highest BCUT2D eigenvalue weighted by Gasteiger charge is 2.35. The summed E-state index contributed by atoms with van der Waals surface area (Å²) in [5.74, 6) is -0.116. The normalized spacial score (nSPS) is 21.2. The number of hydrogen-bond acceptors (Lipinski definition) is 5. The summed E-state index contributed by atoms with van der Waals surface area (Å²) in [7, 11) is -3.29. The summed E-state index contributed by atoms with van der Waals surface area (Å²) in [4.78, 5) is 2.43. The first-order valence-corrected chi connectivity index (χ1v) is 11.8. The van der Waals surface area contributed by atoms with Gasteiger partial charge in [0.1, 0.15) is 5.82 Å². The standard InChI is InChI=1S/C22H29FN2O3S/c1-15(2)22(24-17-5-4-6-19(13-17)29(3,27)28)20-14-25(12-11-21(20)26)18-9-7-16(23)8-10-18/h4-10,13,15,20-22,24,26H,11-12,14H2,1-3H3/t20-,21-,22-/m1/s1. The quantitative estimate of drug-likeness (QED) is 0.748. The summed E-state index contributed by atoms with van der Waals surface area (Å²) < 4.78 is 37.0. The minimum Gasteiger partial charge on any atom is -0.393 e. The molecule has 1 heterocycles. The number of aliphatic hydroxyl groups excluding tert-OH is 1. The predicted octanol–water partition coefficient (Wildman–Crippen LogP) is 3.55. The number of halogens is 1. The maximum absolute atomic E-state index is 13.3. The Kier molecular flexibility index (Phi) is 6.49. The van der Waals surface area contributed by atoms with Gasteiger partial charge in [-0.2, -0.15) is 0 Å². The van der Waals surface area contributed by atoms with Crippen molar-refractivity contribution in [3.05, 3.63) is 54.3 Å². The molecule has 0 unspecified atom stereocenters. The molecule has 2 N–H and O–H groups in total. The summed E-state index contributed by atoms with van der Waals surface area (Å²) >= 11 is 0. The number of piperidine rings is 1. The topological polar surface area (TPSA) is 69.6 Å². The molecule has 1 aliphatic rings. The van der Waals surface area contributed by atoms with Crippen LogP contribution in [0.15, 0.2) is 53.4 Å². The molecule has 0 amide bonds. The molecular weight excluding hydrogens is 391 g/mol. The van der Waals surface area contributed by atoms with Crippen LogP contribution in [0, 0.1) is 17.7 Å². The molecule has 5 nitrogen and oxygen atoms in total. The molecule has 2 aromatic carbocycles. The largest absolute Gasteiger partial charge is 0.393 e. The van der Waals surface area contributed by atoms with E-state index in [-0.39, 0.29) is 28.6 Å². The highest BCUT2D eigenvalue weighted by atomic mass is 32.2. The van der Waals surface area contributed by atoms with Gasteiger partial charge in [0.15, 0.2) is 9.84 Å². The van der Waals surface area contributed by atoms with Crippen molar-refractivity contribution in [2.45, 2.75) is 37.3 Å². The molecule has 1 fully saturated rings. The van der Waals surface area contributed by atoms with Crippen LogP contribution in [0.5, 0.6) is 0 Å². The van der Waals surface area contributed by atoms with E-state index in [0.717, 1.165) is 11.4 Å². The maximum Gasteiger partial charge on any atom is 0.175 e. The zero-order chi connectivity index (χ0) is 21.2. The number of anilines is 2. The SMILES string of the molecule is CC(C)[C@@H](Nc1cccc(S(C)(=O)=O)c1)[C@@H]1CN(c2ccc(F)cc2)CC[C@H]1O. The van der Waals surface area contributed by atoms with Crippen LogP contribution in [0.1, 0.15) is 20.3 Å². The van der Waals surface area contributed by atoms with Gasteiger partial charge >= 0.3 is 0 Å². The average Bonchev–Trinajstić information content (AvgIpc) is 2.67. The Morgan fingerprint density at radius 1 is 1.17 bits per heavy atom. The Morgan fingerprint density at radius 3 is 2.48 bits per heavy atom. The zero-order valence-electron chi connectivity index (χ0n) is 17.0. The van der Waals surface area contributed by atoms with Crippen molar-refractivity contribution < 1.29 is 17.9 Å². The highest BCUT2D eigenvalue weighted by Crippen LogP contribution is 2.30. The molecule has 29 heavy (non-hydrogen) atoms. The van der Waals surface area contributed by atoms with Gasteiger partial charge in [-0.1, -0.05) is 19.9 Å². The number of nitrogens with one attached hydrogen (secondary N) is 1. The Morgan fingerprint density at radius 2 is 1.86 bits per heavy atom. The van der Waals surface area contributed by atoms with Gasteiger partial charge in [0.25, 0.3) is 0 Å². The fourth-order valence-corrected chi connectivity index (χ4v) is 4.65. The Balaban J connectivity index is 1.82. The number of benzene rings is 2. The van der Waals surface area contributed by atoms with Gasteiger partial charge in [0.05, 0.1) is 11.0 Å². The van der Waals surface area contributed by atoms with E-state index < -0.39 is 15.9 Å². The molecule has 158 valence electrons. The van der Waals surface area contributed by atoms with Crippen LogP contribution in [0.2, 0.25) is 0 Å². The third kappa shape index (κ3) is 5.28. The third-order valence-corrected chi connectivity index (χ3v) is 6.70. The molecule has 1 saturated heterocycles. The number of nitrogens with zero attached hydrogens (tertiary/aromatic N) is 1. The van der Waals surface area contributed by atoms with Gasteiger partial charge in [0, 0.05) is 42.7 Å². The van der Waals surface area contributed by atoms with Crippen molar-refractivity contribution in [2.24, 2.45) is 11.8 Å². The molecule has 7 heteroatoms. The molecule has 1 aliphatic heterocycles. The fourth-order valence-electron chi connectivity index (χ4n) is 3.99. The molecule has 2 aromatic rings. The maximum atomic E-state index is 13.3. The van der Waals surface area contributed by atoms with E-state index in [1.54, 1.807) is 30.3 Å². The lowest BCUT2D eigenvalue weighted by Crippen LogP contribution is -2.51. The van der Waals surface area contributed by atoms with Gasteiger partial charge in [-0.15, -0.1) is 0 Å². The average molecular weight is 421 g/mol. The second-order valence-corrected chi connectivity index (χ2v) is 10.2. The van der Waals surface area contributed by atoms with E-state index in [0.29, 0.717) is 19.5 Å². The molecular formula is C22H29FN2O3S. The Labute approximate surface area is 172 Å². The molecule has 0 aliphatic carbocycles. The molecule has 3 atom stereocenters. The lowest BCUT2D eigenvalue weighted by atomic mass is 9.82. The van der Waals surface area contributed by atoms with Crippen LogP contribution in [0.25, 0.3) is 0 Å². The second-order valence-electron chi connectivity index (χ2n) is 8.16. The summed E-state index contributed by atoms with van der Waals surface area (Å²) in [5.41, 5.74) is 1.66. The van der Waals surface area contributed by atoms with Crippen LogP contribution in [0.3, 0.4) is 0 Å². The number of hydrogen-bond donors (Lipinski definition) is 2. The Bertz CT molecular complexity index is 931. The molecule has 0 spiro atoms. The predicted molar refractivity (Wildman–Crippen MR) is 115 cm³/mol. The first-order chi connectivity index (χ1) is 13.6. The van der Waals surface area contributed by atoms with Crippen LogP contribution in [-0.2, 0) is 9.84 Å². The van der Waals surface area contributed by atoms with Crippen molar-refractivity contribution in [1.82, 2.24) is 0 Å². The van der Waals surface area contributed by atoms with Gasteiger partial charge < -0.3 is 15.3 Å². The lowest BCUT2D eigenvalue weighted by molar-refractivity contribution is 0.0694. The Hall–Kier alpha value is -2.12. The summed E-state index contributed by atoms with van der Waals surface area (Å²) in [6.07, 6.45) is 1.35. The van der Waals surface area contributed by atoms with Gasteiger partial charge in [-0.05, 0) is 54.8 Å². The molecule has 0 bridgehead atoms. The summed E-state index contributed by atoms with van der Waals surface area (Å²) in [5, 5.41) is 14.2.